The minimum absolute atomic E-state index is 0.666. The Hall–Kier alpha value is 0.430. The van der Waals surface area contributed by atoms with Crippen molar-refractivity contribution in [1.29, 1.82) is 0 Å². The van der Waals surface area contributed by atoms with E-state index in [9.17, 15) is 0 Å². The van der Waals surface area contributed by atoms with Crippen LogP contribution in [-0.4, -0.2) is 24.1 Å². The van der Waals surface area contributed by atoms with Crippen LogP contribution in [0.25, 0.3) is 0 Å². The van der Waals surface area contributed by atoms with Crippen molar-refractivity contribution in [3.8, 4) is 0 Å². The molecule has 1 heteroatoms. The summed E-state index contributed by atoms with van der Waals surface area (Å²) in [6.07, 6.45) is 17.7. The van der Waals surface area contributed by atoms with E-state index in [2.05, 4.69) is 34.6 Å². The van der Waals surface area contributed by atoms with Crippen molar-refractivity contribution in [3.05, 3.63) is 0 Å². The van der Waals surface area contributed by atoms with Crippen molar-refractivity contribution >= 4 is 7.26 Å². The van der Waals surface area contributed by atoms with E-state index in [0.29, 0.717) is 0 Å². The summed E-state index contributed by atoms with van der Waals surface area (Å²) in [6, 6.07) is 0. The lowest BCUT2D eigenvalue weighted by atomic mass is 10.2. The fourth-order valence-electron chi connectivity index (χ4n) is 3.19. The van der Waals surface area contributed by atoms with Crippen molar-refractivity contribution in [3.63, 3.8) is 0 Å². The van der Waals surface area contributed by atoms with Crippen molar-refractivity contribution in [1.82, 2.24) is 0 Å². The average molecular weight is 287 g/mol. The van der Waals surface area contributed by atoms with E-state index in [0.717, 1.165) is 5.66 Å². The summed E-state index contributed by atoms with van der Waals surface area (Å²) in [5, 5.41) is 0. The van der Waals surface area contributed by atoms with Gasteiger partial charge in [-0.25, -0.2) is 0 Å². The second kappa shape index (κ2) is 12.2. The third kappa shape index (κ3) is 7.69. The molecule has 0 aromatic heterocycles. The van der Waals surface area contributed by atoms with Gasteiger partial charge < -0.3 is 0 Å². The molecule has 0 rings (SSSR count). The monoisotopic (exact) mass is 287 g/mol. The molecule has 0 aromatic carbocycles. The first-order valence-electron chi connectivity index (χ1n) is 9.02. The van der Waals surface area contributed by atoms with E-state index in [1.807, 2.05) is 0 Å². The topological polar surface area (TPSA) is 0 Å². The third-order valence-electron chi connectivity index (χ3n) is 4.78. The molecule has 0 aliphatic rings. The highest BCUT2D eigenvalue weighted by molar-refractivity contribution is 7.76. The van der Waals surface area contributed by atoms with E-state index in [4.69, 9.17) is 0 Å². The lowest BCUT2D eigenvalue weighted by Crippen LogP contribution is -2.20. The van der Waals surface area contributed by atoms with Crippen molar-refractivity contribution in [2.24, 2.45) is 0 Å². The number of rotatable bonds is 13. The van der Waals surface area contributed by atoms with Gasteiger partial charge in [0, 0.05) is 7.26 Å². The van der Waals surface area contributed by atoms with Crippen LogP contribution in [0.4, 0.5) is 0 Å². The minimum atomic E-state index is -0.666. The highest BCUT2D eigenvalue weighted by atomic mass is 31.2. The molecule has 0 saturated carbocycles. The van der Waals surface area contributed by atoms with Gasteiger partial charge in [0.2, 0.25) is 0 Å². The summed E-state index contributed by atoms with van der Waals surface area (Å²) in [5.41, 5.74) is 1.04. The molecule has 0 heterocycles. The molecule has 116 valence electrons. The van der Waals surface area contributed by atoms with Crippen LogP contribution in [0.1, 0.15) is 92.4 Å². The van der Waals surface area contributed by atoms with Crippen LogP contribution in [0.2, 0.25) is 0 Å². The van der Waals surface area contributed by atoms with Gasteiger partial charge in [-0.15, -0.1) is 0 Å². The lowest BCUT2D eigenvalue weighted by molar-refractivity contribution is 0.691. The second-order valence-corrected chi connectivity index (χ2v) is 11.1. The van der Waals surface area contributed by atoms with Gasteiger partial charge in [-0.1, -0.05) is 53.4 Å². The zero-order valence-corrected chi connectivity index (χ0v) is 15.4. The van der Waals surface area contributed by atoms with Crippen LogP contribution >= 0.6 is 7.26 Å². The maximum absolute atomic E-state index is 2.60. The van der Waals surface area contributed by atoms with Crippen LogP contribution in [0.3, 0.4) is 0 Å². The quantitative estimate of drug-likeness (QED) is 0.320. The number of hydrogen-bond acceptors (Lipinski definition) is 0. The maximum atomic E-state index is 2.60. The first-order chi connectivity index (χ1) is 9.16. The van der Waals surface area contributed by atoms with Crippen molar-refractivity contribution in [2.75, 3.05) is 18.5 Å². The summed E-state index contributed by atoms with van der Waals surface area (Å²) in [4.78, 5) is 0. The summed E-state index contributed by atoms with van der Waals surface area (Å²) in [6.45, 7) is 12.0. The molecule has 0 aliphatic carbocycles. The molecular weight excluding hydrogens is 247 g/mol. The molecule has 0 aliphatic heterocycles. The van der Waals surface area contributed by atoms with E-state index in [1.165, 1.54) is 57.8 Å². The Bertz CT molecular complexity index is 166. The zero-order chi connectivity index (χ0) is 14.6. The van der Waals surface area contributed by atoms with Gasteiger partial charge in [0.05, 0.1) is 24.1 Å². The van der Waals surface area contributed by atoms with Crippen LogP contribution in [0.15, 0.2) is 0 Å². The Morgan fingerprint density at radius 2 is 1.00 bits per heavy atom. The third-order valence-corrected chi connectivity index (χ3v) is 10.5. The van der Waals surface area contributed by atoms with Crippen molar-refractivity contribution < 1.29 is 0 Å². The standard InChI is InChI=1S/C18H40P/c1-6-10-14-18(5)19(15-11-7-2,16-12-8-3)17-13-9-4/h18H,6-17H2,1-5H3/q+1. The van der Waals surface area contributed by atoms with Gasteiger partial charge in [0.15, 0.2) is 0 Å². The smallest absolute Gasteiger partial charge is 0.0654 e. The summed E-state index contributed by atoms with van der Waals surface area (Å²) in [5.74, 6) is 0. The highest BCUT2D eigenvalue weighted by Gasteiger charge is 2.40. The Labute approximate surface area is 124 Å². The Morgan fingerprint density at radius 1 is 0.632 bits per heavy atom. The molecular formula is C18H40P+. The minimum Gasteiger partial charge on any atom is -0.0654 e. The molecule has 0 saturated heterocycles. The molecule has 0 fully saturated rings. The molecule has 0 aromatic rings. The molecule has 0 radical (unpaired) electrons. The fraction of sp³-hybridized carbons (Fsp3) is 1.00. The Kier molecular flexibility index (Phi) is 12.5. The maximum Gasteiger partial charge on any atom is 0.0669 e. The number of hydrogen-bond donors (Lipinski definition) is 0. The van der Waals surface area contributed by atoms with Crippen LogP contribution < -0.4 is 0 Å². The predicted octanol–water partition coefficient (Wildman–Crippen LogP) is 6.98. The molecule has 0 amide bonds. The first kappa shape index (κ1) is 19.4. The van der Waals surface area contributed by atoms with Gasteiger partial charge in [-0.3, -0.25) is 0 Å². The highest BCUT2D eigenvalue weighted by Crippen LogP contribution is 2.65. The predicted molar refractivity (Wildman–Crippen MR) is 95.2 cm³/mol. The fourth-order valence-corrected chi connectivity index (χ4v) is 8.75. The number of unbranched alkanes of at least 4 members (excludes halogenated alkanes) is 4. The van der Waals surface area contributed by atoms with Crippen LogP contribution in [0.5, 0.6) is 0 Å². The SMILES string of the molecule is CCCCC(C)[P+](CCCC)(CCCC)CCCC. The van der Waals surface area contributed by atoms with Gasteiger partial charge in [0.1, 0.15) is 0 Å². The summed E-state index contributed by atoms with van der Waals surface area (Å²) < 4.78 is 0. The molecule has 0 nitrogen and oxygen atoms in total. The normalized spacial score (nSPS) is 13.7. The van der Waals surface area contributed by atoms with E-state index < -0.39 is 7.26 Å². The Balaban J connectivity index is 4.73. The summed E-state index contributed by atoms with van der Waals surface area (Å²) in [7, 11) is -0.666. The molecule has 0 bridgehead atoms. The summed E-state index contributed by atoms with van der Waals surface area (Å²) >= 11 is 0. The van der Waals surface area contributed by atoms with Gasteiger partial charge in [-0.05, 0) is 39.0 Å². The Morgan fingerprint density at radius 3 is 1.32 bits per heavy atom. The van der Waals surface area contributed by atoms with Gasteiger partial charge >= 0.3 is 0 Å². The van der Waals surface area contributed by atoms with Crippen molar-refractivity contribution in [2.45, 2.75) is 98.1 Å². The molecule has 0 spiro atoms. The average Bonchev–Trinajstić information content (AvgIpc) is 2.44. The van der Waals surface area contributed by atoms with Gasteiger partial charge in [-0.2, -0.15) is 0 Å². The van der Waals surface area contributed by atoms with E-state index in [1.54, 1.807) is 18.5 Å². The zero-order valence-electron chi connectivity index (χ0n) is 14.5. The van der Waals surface area contributed by atoms with Crippen LogP contribution in [0, 0.1) is 0 Å². The van der Waals surface area contributed by atoms with E-state index >= 15 is 0 Å². The first-order valence-corrected chi connectivity index (χ1v) is 11.4. The largest absolute Gasteiger partial charge is 0.0669 e. The lowest BCUT2D eigenvalue weighted by Gasteiger charge is -2.33. The molecule has 19 heavy (non-hydrogen) atoms. The van der Waals surface area contributed by atoms with Crippen LogP contribution in [-0.2, 0) is 0 Å². The molecule has 1 unspecified atom stereocenters. The second-order valence-electron chi connectivity index (χ2n) is 6.44. The molecule has 0 N–H and O–H groups in total. The van der Waals surface area contributed by atoms with E-state index in [-0.39, 0.29) is 0 Å². The van der Waals surface area contributed by atoms with Gasteiger partial charge in [0.25, 0.3) is 0 Å². The molecule has 1 atom stereocenters.